The number of halogens is 1. The Morgan fingerprint density at radius 3 is 2.89 bits per heavy atom. The van der Waals surface area contributed by atoms with Crippen molar-refractivity contribution in [3.8, 4) is 0 Å². The van der Waals surface area contributed by atoms with Gasteiger partial charge in [-0.25, -0.2) is 0 Å². The summed E-state index contributed by atoms with van der Waals surface area (Å²) in [5, 5.41) is 6.50. The first-order valence-electron chi connectivity index (χ1n) is 6.72. The zero-order valence-electron chi connectivity index (χ0n) is 11.8. The first-order chi connectivity index (χ1) is 8.61. The van der Waals surface area contributed by atoms with Crippen molar-refractivity contribution < 1.29 is 4.79 Å². The van der Waals surface area contributed by atoms with Gasteiger partial charge in [-0.05, 0) is 43.9 Å². The minimum Gasteiger partial charge on any atom is -0.347 e. The number of amides is 1. The number of carbonyl (C=O) groups is 1. The number of hydrogen-bond donors (Lipinski definition) is 2. The summed E-state index contributed by atoms with van der Waals surface area (Å²) in [5.41, 5.74) is 1.24. The van der Waals surface area contributed by atoms with Crippen LogP contribution in [0.4, 0.5) is 0 Å². The van der Waals surface area contributed by atoms with Crippen LogP contribution in [0.3, 0.4) is 0 Å². The molecule has 0 spiro atoms. The zero-order chi connectivity index (χ0) is 13.1. The van der Waals surface area contributed by atoms with Gasteiger partial charge in [-0.2, -0.15) is 0 Å². The smallest absolute Gasteiger partial charge is 0.261 e. The molecule has 2 unspecified atom stereocenters. The summed E-state index contributed by atoms with van der Waals surface area (Å²) in [6.07, 6.45) is 2.14. The van der Waals surface area contributed by atoms with E-state index < -0.39 is 0 Å². The molecular weight excluding hydrogens is 280 g/mol. The molecule has 2 heterocycles. The van der Waals surface area contributed by atoms with E-state index in [0.717, 1.165) is 30.8 Å². The maximum absolute atomic E-state index is 12.2. The van der Waals surface area contributed by atoms with E-state index in [-0.39, 0.29) is 24.4 Å². The maximum Gasteiger partial charge on any atom is 0.261 e. The molecular formula is C14H23ClN2OS. The molecule has 2 rings (SSSR count). The number of thiophene rings is 1. The van der Waals surface area contributed by atoms with E-state index in [0.29, 0.717) is 5.92 Å². The molecule has 1 amide bonds. The highest BCUT2D eigenvalue weighted by Crippen LogP contribution is 2.22. The molecule has 2 atom stereocenters. The van der Waals surface area contributed by atoms with E-state index in [1.807, 2.05) is 6.07 Å². The summed E-state index contributed by atoms with van der Waals surface area (Å²) in [6, 6.07) is 2.28. The Balaban J connectivity index is 0.00000180. The van der Waals surface area contributed by atoms with Crippen molar-refractivity contribution >= 4 is 29.7 Å². The molecule has 0 saturated carbocycles. The SMILES string of the molecule is CCc1sc(C(=O)NC2CNCCC2C)cc1C.Cl. The van der Waals surface area contributed by atoms with Crippen molar-refractivity contribution in [2.24, 2.45) is 5.92 Å². The van der Waals surface area contributed by atoms with E-state index >= 15 is 0 Å². The number of nitrogens with one attached hydrogen (secondary N) is 2. The monoisotopic (exact) mass is 302 g/mol. The van der Waals surface area contributed by atoms with E-state index in [9.17, 15) is 4.79 Å². The van der Waals surface area contributed by atoms with Crippen LogP contribution in [-0.2, 0) is 6.42 Å². The Bertz CT molecular complexity index is 433. The van der Waals surface area contributed by atoms with Crippen LogP contribution in [0.25, 0.3) is 0 Å². The molecule has 1 aliphatic rings. The second-order valence-corrected chi connectivity index (χ2v) is 6.26. The minimum atomic E-state index is 0. The highest BCUT2D eigenvalue weighted by atomic mass is 35.5. The predicted molar refractivity (Wildman–Crippen MR) is 83.6 cm³/mol. The molecule has 108 valence electrons. The normalized spacial score (nSPS) is 22.7. The van der Waals surface area contributed by atoms with Crippen LogP contribution in [0.1, 0.15) is 40.4 Å². The van der Waals surface area contributed by atoms with Gasteiger partial charge in [-0.1, -0.05) is 13.8 Å². The quantitative estimate of drug-likeness (QED) is 0.901. The fourth-order valence-corrected chi connectivity index (χ4v) is 3.42. The average Bonchev–Trinajstić information content (AvgIpc) is 2.73. The Morgan fingerprint density at radius 1 is 1.58 bits per heavy atom. The first-order valence-corrected chi connectivity index (χ1v) is 7.54. The van der Waals surface area contributed by atoms with Gasteiger partial charge in [0.2, 0.25) is 0 Å². The highest BCUT2D eigenvalue weighted by molar-refractivity contribution is 7.14. The molecule has 0 aliphatic carbocycles. The van der Waals surface area contributed by atoms with E-state index in [1.54, 1.807) is 11.3 Å². The number of piperidine rings is 1. The van der Waals surface area contributed by atoms with Crippen LogP contribution >= 0.6 is 23.7 Å². The second kappa shape index (κ2) is 7.27. The van der Waals surface area contributed by atoms with Gasteiger partial charge in [-0.15, -0.1) is 23.7 Å². The largest absolute Gasteiger partial charge is 0.347 e. The summed E-state index contributed by atoms with van der Waals surface area (Å²) in [4.78, 5) is 14.4. The van der Waals surface area contributed by atoms with Gasteiger partial charge in [0.25, 0.3) is 5.91 Å². The van der Waals surface area contributed by atoms with Crippen LogP contribution in [-0.4, -0.2) is 25.0 Å². The lowest BCUT2D eigenvalue weighted by Gasteiger charge is -2.30. The third-order valence-electron chi connectivity index (χ3n) is 3.71. The Hall–Kier alpha value is -0.580. The van der Waals surface area contributed by atoms with Crippen LogP contribution in [0.15, 0.2) is 6.07 Å². The van der Waals surface area contributed by atoms with Crippen molar-refractivity contribution in [2.45, 2.75) is 39.7 Å². The third-order valence-corrected chi connectivity index (χ3v) is 5.09. The molecule has 1 aromatic rings. The van der Waals surface area contributed by atoms with Gasteiger partial charge in [0.1, 0.15) is 0 Å². The summed E-state index contributed by atoms with van der Waals surface area (Å²) in [5.74, 6) is 0.644. The Kier molecular flexibility index (Phi) is 6.30. The topological polar surface area (TPSA) is 41.1 Å². The molecule has 3 nitrogen and oxygen atoms in total. The number of hydrogen-bond acceptors (Lipinski definition) is 3. The van der Waals surface area contributed by atoms with Crippen molar-refractivity contribution in [1.29, 1.82) is 0 Å². The summed E-state index contributed by atoms with van der Waals surface area (Å²) < 4.78 is 0. The van der Waals surface area contributed by atoms with Gasteiger partial charge in [0.05, 0.1) is 4.88 Å². The molecule has 1 saturated heterocycles. The van der Waals surface area contributed by atoms with Crippen LogP contribution < -0.4 is 10.6 Å². The Labute approximate surface area is 125 Å². The van der Waals surface area contributed by atoms with Gasteiger partial charge < -0.3 is 10.6 Å². The van der Waals surface area contributed by atoms with Crippen molar-refractivity contribution in [1.82, 2.24) is 10.6 Å². The highest BCUT2D eigenvalue weighted by Gasteiger charge is 2.23. The lowest BCUT2D eigenvalue weighted by Crippen LogP contribution is -2.50. The second-order valence-electron chi connectivity index (χ2n) is 5.12. The van der Waals surface area contributed by atoms with Gasteiger partial charge in [0, 0.05) is 17.5 Å². The van der Waals surface area contributed by atoms with Gasteiger partial charge in [-0.3, -0.25) is 4.79 Å². The average molecular weight is 303 g/mol. The van der Waals surface area contributed by atoms with E-state index in [1.165, 1.54) is 10.4 Å². The number of carbonyl (C=O) groups excluding carboxylic acids is 1. The van der Waals surface area contributed by atoms with Crippen LogP contribution in [0, 0.1) is 12.8 Å². The molecule has 19 heavy (non-hydrogen) atoms. The molecule has 2 N–H and O–H groups in total. The summed E-state index contributed by atoms with van der Waals surface area (Å²) >= 11 is 1.62. The molecule has 1 fully saturated rings. The summed E-state index contributed by atoms with van der Waals surface area (Å²) in [7, 11) is 0. The maximum atomic E-state index is 12.2. The first kappa shape index (κ1) is 16.5. The predicted octanol–water partition coefficient (Wildman–Crippen LogP) is 2.77. The summed E-state index contributed by atoms with van der Waals surface area (Å²) in [6.45, 7) is 8.37. The van der Waals surface area contributed by atoms with Crippen molar-refractivity contribution in [3.63, 3.8) is 0 Å². The zero-order valence-corrected chi connectivity index (χ0v) is 13.4. The van der Waals surface area contributed by atoms with Crippen LogP contribution in [0.2, 0.25) is 0 Å². The molecule has 1 aliphatic heterocycles. The lowest BCUT2D eigenvalue weighted by molar-refractivity contribution is 0.0919. The fraction of sp³-hybridized carbons (Fsp3) is 0.643. The number of aryl methyl sites for hydroxylation is 2. The van der Waals surface area contributed by atoms with Gasteiger partial charge in [0.15, 0.2) is 0 Å². The lowest BCUT2D eigenvalue weighted by atomic mass is 9.95. The van der Waals surface area contributed by atoms with Crippen molar-refractivity contribution in [3.05, 3.63) is 21.4 Å². The number of rotatable bonds is 3. The van der Waals surface area contributed by atoms with Gasteiger partial charge >= 0.3 is 0 Å². The molecule has 0 aromatic carbocycles. The third kappa shape index (κ3) is 3.94. The molecule has 5 heteroatoms. The van der Waals surface area contributed by atoms with E-state index in [2.05, 4.69) is 31.4 Å². The molecule has 0 radical (unpaired) electrons. The van der Waals surface area contributed by atoms with Crippen molar-refractivity contribution in [2.75, 3.05) is 13.1 Å². The van der Waals surface area contributed by atoms with E-state index in [4.69, 9.17) is 0 Å². The fourth-order valence-electron chi connectivity index (χ4n) is 2.41. The minimum absolute atomic E-state index is 0. The molecule has 1 aromatic heterocycles. The van der Waals surface area contributed by atoms with Crippen LogP contribution in [0.5, 0.6) is 0 Å². The Morgan fingerprint density at radius 2 is 2.32 bits per heavy atom. The standard InChI is InChI=1S/C14H22N2OS.ClH/c1-4-12-10(3)7-13(18-12)14(17)16-11-8-15-6-5-9(11)2;/h7,9,11,15H,4-6,8H2,1-3H3,(H,16,17);1H. The molecule has 0 bridgehead atoms.